The van der Waals surface area contributed by atoms with Crippen molar-refractivity contribution >= 4 is 5.97 Å². The van der Waals surface area contributed by atoms with E-state index in [4.69, 9.17) is 5.11 Å². The van der Waals surface area contributed by atoms with Crippen LogP contribution in [0.1, 0.15) is 84.0 Å². The van der Waals surface area contributed by atoms with E-state index in [0.29, 0.717) is 11.8 Å². The van der Waals surface area contributed by atoms with Crippen molar-refractivity contribution in [3.63, 3.8) is 0 Å². The number of rotatable bonds is 13. The molecular weight excluding hydrogens is 304 g/mol. The van der Waals surface area contributed by atoms with E-state index in [1.54, 1.807) is 0 Å². The molecule has 1 fully saturated rings. The number of hydrogen-bond donors (Lipinski definition) is 3. The van der Waals surface area contributed by atoms with E-state index < -0.39 is 5.97 Å². The molecule has 1 rings (SSSR count). The molecule has 0 saturated heterocycles. The van der Waals surface area contributed by atoms with Crippen molar-refractivity contribution in [3.8, 4) is 0 Å². The fraction of sp³-hybridized carbons (Fsp3) is 0.850. The number of carboxylic acids is 1. The molecule has 0 amide bonds. The lowest BCUT2D eigenvalue weighted by molar-refractivity contribution is -0.137. The third-order valence-electron chi connectivity index (χ3n) is 5.28. The van der Waals surface area contributed by atoms with Gasteiger partial charge in [0.1, 0.15) is 0 Å². The van der Waals surface area contributed by atoms with Gasteiger partial charge < -0.3 is 15.3 Å². The summed E-state index contributed by atoms with van der Waals surface area (Å²) in [7, 11) is 0. The van der Waals surface area contributed by atoms with Crippen LogP contribution in [0.25, 0.3) is 0 Å². The van der Waals surface area contributed by atoms with Crippen LogP contribution in [0.5, 0.6) is 0 Å². The maximum atomic E-state index is 10.5. The molecule has 2 unspecified atom stereocenters. The van der Waals surface area contributed by atoms with E-state index in [0.717, 1.165) is 70.6 Å². The Morgan fingerprint density at radius 3 is 2.62 bits per heavy atom. The Morgan fingerprint density at radius 2 is 1.92 bits per heavy atom. The Hall–Kier alpha value is -0.870. The molecule has 24 heavy (non-hydrogen) atoms. The molecule has 0 aromatic carbocycles. The number of aliphatic hydroxyl groups excluding tert-OH is 2. The summed E-state index contributed by atoms with van der Waals surface area (Å²) in [6.45, 7) is 2.01. The zero-order chi connectivity index (χ0) is 17.8. The van der Waals surface area contributed by atoms with Crippen molar-refractivity contribution in [2.45, 2.75) is 96.2 Å². The lowest BCUT2D eigenvalue weighted by Gasteiger charge is -2.19. The second kappa shape index (κ2) is 12.5. The maximum absolute atomic E-state index is 10.5. The molecule has 4 heteroatoms. The number of carbonyl (C=O) groups is 1. The highest BCUT2D eigenvalue weighted by molar-refractivity contribution is 5.66. The minimum Gasteiger partial charge on any atom is -0.481 e. The Bertz CT molecular complexity index is 367. The number of allylic oxidation sites excluding steroid dienone is 2. The molecule has 0 radical (unpaired) electrons. The van der Waals surface area contributed by atoms with Crippen LogP contribution in [-0.4, -0.2) is 33.5 Å². The van der Waals surface area contributed by atoms with Crippen molar-refractivity contribution in [2.75, 3.05) is 0 Å². The van der Waals surface area contributed by atoms with Crippen LogP contribution in [0.4, 0.5) is 0 Å². The van der Waals surface area contributed by atoms with Crippen molar-refractivity contribution in [1.82, 2.24) is 0 Å². The Morgan fingerprint density at radius 1 is 1.17 bits per heavy atom. The van der Waals surface area contributed by atoms with Gasteiger partial charge in [-0.05, 0) is 63.2 Å². The highest BCUT2D eigenvalue weighted by Crippen LogP contribution is 2.36. The van der Waals surface area contributed by atoms with Gasteiger partial charge in [0.2, 0.25) is 0 Å². The molecule has 0 aromatic rings. The van der Waals surface area contributed by atoms with Gasteiger partial charge in [0, 0.05) is 6.42 Å². The molecule has 3 N–H and O–H groups in total. The van der Waals surface area contributed by atoms with Crippen LogP contribution in [0, 0.1) is 11.8 Å². The lowest BCUT2D eigenvalue weighted by Crippen LogP contribution is -2.18. The summed E-state index contributed by atoms with van der Waals surface area (Å²) in [5, 5.41) is 28.4. The molecule has 0 spiro atoms. The van der Waals surface area contributed by atoms with Crippen molar-refractivity contribution < 1.29 is 20.1 Å². The minimum atomic E-state index is -0.710. The number of unbranched alkanes of at least 4 members (excludes halogenated alkanes) is 4. The van der Waals surface area contributed by atoms with Gasteiger partial charge >= 0.3 is 5.97 Å². The number of aliphatic carboxylic acids is 1. The summed E-state index contributed by atoms with van der Waals surface area (Å²) in [4.78, 5) is 10.5. The van der Waals surface area contributed by atoms with Gasteiger partial charge in [-0.25, -0.2) is 0 Å². The topological polar surface area (TPSA) is 77.8 Å². The molecule has 1 aliphatic rings. The first-order chi connectivity index (χ1) is 11.5. The third kappa shape index (κ3) is 8.84. The molecule has 0 aliphatic heterocycles. The van der Waals surface area contributed by atoms with Gasteiger partial charge in [-0.3, -0.25) is 4.79 Å². The zero-order valence-electron chi connectivity index (χ0n) is 15.2. The quantitative estimate of drug-likeness (QED) is 0.345. The fourth-order valence-electron chi connectivity index (χ4n) is 3.68. The van der Waals surface area contributed by atoms with Gasteiger partial charge in [0.05, 0.1) is 12.2 Å². The van der Waals surface area contributed by atoms with Crippen LogP contribution in [0.3, 0.4) is 0 Å². The first-order valence-electron chi connectivity index (χ1n) is 9.79. The monoisotopic (exact) mass is 340 g/mol. The lowest BCUT2D eigenvalue weighted by atomic mass is 9.88. The summed E-state index contributed by atoms with van der Waals surface area (Å²) in [5.74, 6) is 0.134. The summed E-state index contributed by atoms with van der Waals surface area (Å²) >= 11 is 0. The molecular formula is C20H36O4. The van der Waals surface area contributed by atoms with Crippen LogP contribution >= 0.6 is 0 Å². The van der Waals surface area contributed by atoms with Gasteiger partial charge in [0.15, 0.2) is 0 Å². The molecule has 140 valence electrons. The van der Waals surface area contributed by atoms with E-state index in [2.05, 4.69) is 12.2 Å². The molecule has 0 aromatic heterocycles. The molecule has 0 heterocycles. The average molecular weight is 341 g/mol. The largest absolute Gasteiger partial charge is 0.481 e. The SMILES string of the molecule is CCC(O)CCC/C=C\[C@H]1CCC(O)[C@@H]1CCCCCCC(=O)O. The van der Waals surface area contributed by atoms with Crippen LogP contribution in [0.15, 0.2) is 12.2 Å². The van der Waals surface area contributed by atoms with Crippen molar-refractivity contribution in [1.29, 1.82) is 0 Å². The predicted molar refractivity (Wildman–Crippen MR) is 96.8 cm³/mol. The van der Waals surface area contributed by atoms with E-state index in [-0.39, 0.29) is 18.6 Å². The van der Waals surface area contributed by atoms with E-state index in [9.17, 15) is 15.0 Å². The minimum absolute atomic E-state index is 0.166. The molecule has 4 atom stereocenters. The highest BCUT2D eigenvalue weighted by atomic mass is 16.4. The molecule has 1 aliphatic carbocycles. The highest BCUT2D eigenvalue weighted by Gasteiger charge is 2.32. The summed E-state index contributed by atoms with van der Waals surface area (Å²) in [6.07, 6.45) is 15.0. The summed E-state index contributed by atoms with van der Waals surface area (Å²) in [5.41, 5.74) is 0. The van der Waals surface area contributed by atoms with Gasteiger partial charge in [-0.15, -0.1) is 0 Å². The Kier molecular flexibility index (Phi) is 11.0. The van der Waals surface area contributed by atoms with Gasteiger partial charge in [-0.1, -0.05) is 38.3 Å². The first-order valence-corrected chi connectivity index (χ1v) is 9.79. The third-order valence-corrected chi connectivity index (χ3v) is 5.28. The molecule has 0 bridgehead atoms. The van der Waals surface area contributed by atoms with Crippen molar-refractivity contribution in [2.24, 2.45) is 11.8 Å². The molecule has 4 nitrogen and oxygen atoms in total. The van der Waals surface area contributed by atoms with Crippen LogP contribution < -0.4 is 0 Å². The number of hydrogen-bond acceptors (Lipinski definition) is 3. The second-order valence-corrected chi connectivity index (χ2v) is 7.24. The Labute approximate surface area is 147 Å². The Balaban J connectivity index is 2.20. The summed E-state index contributed by atoms with van der Waals surface area (Å²) in [6, 6.07) is 0. The second-order valence-electron chi connectivity index (χ2n) is 7.24. The first kappa shape index (κ1) is 21.2. The fourth-order valence-corrected chi connectivity index (χ4v) is 3.68. The van der Waals surface area contributed by atoms with Gasteiger partial charge in [-0.2, -0.15) is 0 Å². The average Bonchev–Trinajstić information content (AvgIpc) is 2.90. The van der Waals surface area contributed by atoms with Gasteiger partial charge in [0.25, 0.3) is 0 Å². The smallest absolute Gasteiger partial charge is 0.303 e. The van der Waals surface area contributed by atoms with Crippen LogP contribution in [0.2, 0.25) is 0 Å². The summed E-state index contributed by atoms with van der Waals surface area (Å²) < 4.78 is 0. The van der Waals surface area contributed by atoms with E-state index in [1.165, 1.54) is 0 Å². The zero-order valence-corrected chi connectivity index (χ0v) is 15.2. The number of carboxylic acid groups (broad SMARTS) is 1. The standard InChI is InChI=1S/C20H36O4/c1-2-17(21)11-7-5-6-10-16-14-15-19(22)18(16)12-8-3-4-9-13-20(23)24/h6,10,16-19,21-22H,2-5,7-9,11-15H2,1H3,(H,23,24)/b10-6-/t16-,17?,18+,19?/m0/s1. The number of aliphatic hydroxyl groups is 2. The van der Waals surface area contributed by atoms with E-state index >= 15 is 0 Å². The maximum Gasteiger partial charge on any atom is 0.303 e. The molecule has 1 saturated carbocycles. The van der Waals surface area contributed by atoms with Crippen molar-refractivity contribution in [3.05, 3.63) is 12.2 Å². The predicted octanol–water partition coefficient (Wildman–Crippen LogP) is 4.30. The normalized spacial score (nSPS) is 25.4. The van der Waals surface area contributed by atoms with E-state index in [1.807, 2.05) is 6.92 Å². The van der Waals surface area contributed by atoms with Crippen LogP contribution in [-0.2, 0) is 4.79 Å².